The average molecular weight is 426 g/mol. The van der Waals surface area contributed by atoms with Crippen molar-refractivity contribution < 1.29 is 19.4 Å². The number of para-hydroxylation sites is 1. The molecule has 2 amide bonds. The van der Waals surface area contributed by atoms with E-state index in [4.69, 9.17) is 9.47 Å². The van der Waals surface area contributed by atoms with Gasteiger partial charge in [0, 0.05) is 26.2 Å². The molecule has 0 bridgehead atoms. The number of hydrogen-bond acceptors (Lipinski definition) is 5. The Morgan fingerprint density at radius 3 is 2.52 bits per heavy atom. The van der Waals surface area contributed by atoms with Gasteiger partial charge in [0.1, 0.15) is 30.3 Å². The maximum absolute atomic E-state index is 11.5. The van der Waals surface area contributed by atoms with E-state index in [1.54, 1.807) is 4.90 Å². The first-order chi connectivity index (χ1) is 15.1. The van der Waals surface area contributed by atoms with E-state index in [9.17, 15) is 9.90 Å². The first-order valence-electron chi connectivity index (χ1n) is 11.0. The van der Waals surface area contributed by atoms with Gasteiger partial charge in [-0.25, -0.2) is 4.79 Å². The second-order valence-electron chi connectivity index (χ2n) is 8.35. The molecule has 2 saturated heterocycles. The molecule has 4 rings (SSSR count). The number of urea groups is 1. The lowest BCUT2D eigenvalue weighted by molar-refractivity contribution is -0.0621. The van der Waals surface area contributed by atoms with Crippen molar-refractivity contribution in [2.45, 2.75) is 25.0 Å². The fourth-order valence-electron chi connectivity index (χ4n) is 4.14. The Balaban J connectivity index is 1.23. The van der Waals surface area contributed by atoms with Crippen molar-refractivity contribution in [3.8, 4) is 11.5 Å². The third-order valence-corrected chi connectivity index (χ3v) is 5.79. The molecular weight excluding hydrogens is 394 g/mol. The highest BCUT2D eigenvalue weighted by Crippen LogP contribution is 2.24. The van der Waals surface area contributed by atoms with Gasteiger partial charge >= 0.3 is 6.03 Å². The van der Waals surface area contributed by atoms with Crippen LogP contribution in [0.5, 0.6) is 11.5 Å². The molecule has 2 fully saturated rings. The average Bonchev–Trinajstić information content (AvgIpc) is 3.19. The van der Waals surface area contributed by atoms with E-state index in [2.05, 4.69) is 22.3 Å². The Morgan fingerprint density at radius 2 is 1.77 bits per heavy atom. The molecule has 2 aliphatic heterocycles. The highest BCUT2D eigenvalue weighted by atomic mass is 16.5. The Hall–Kier alpha value is -2.77. The molecular formula is C24H31N3O4. The number of piperidine rings is 1. The van der Waals surface area contributed by atoms with Crippen molar-refractivity contribution >= 4 is 6.03 Å². The van der Waals surface area contributed by atoms with Gasteiger partial charge in [0.15, 0.2) is 0 Å². The van der Waals surface area contributed by atoms with E-state index in [-0.39, 0.29) is 6.03 Å². The number of nitrogens with zero attached hydrogens (tertiary/aromatic N) is 2. The summed E-state index contributed by atoms with van der Waals surface area (Å²) in [4.78, 5) is 15.6. The molecule has 2 aromatic rings. The van der Waals surface area contributed by atoms with Gasteiger partial charge in [0.2, 0.25) is 0 Å². The largest absolute Gasteiger partial charge is 0.492 e. The van der Waals surface area contributed by atoms with Crippen LogP contribution in [-0.2, 0) is 6.54 Å². The summed E-state index contributed by atoms with van der Waals surface area (Å²) in [6.45, 7) is 5.15. The number of carbonyl (C=O) groups excluding carboxylic acids is 1. The Labute approximate surface area is 183 Å². The summed E-state index contributed by atoms with van der Waals surface area (Å²) >= 11 is 0. The standard InChI is InChI=1S/C24H31N3O4/c28-23-25-12-14-27(23)15-16-30-22-9-7-20(8-10-22)17-26-13-4-11-24(29,18-26)19-31-21-5-2-1-3-6-21/h1-3,5-10,29H,4,11-19H2,(H,25,28)/t24-/m1/s1. The minimum Gasteiger partial charge on any atom is -0.492 e. The number of benzene rings is 2. The molecule has 0 aromatic heterocycles. The zero-order valence-corrected chi connectivity index (χ0v) is 17.8. The SMILES string of the molecule is O=C1NCCN1CCOc1ccc(CN2CCC[C@](O)(COc3ccccc3)C2)cc1. The summed E-state index contributed by atoms with van der Waals surface area (Å²) in [5.41, 5.74) is 0.346. The number of ether oxygens (including phenoxy) is 2. The summed E-state index contributed by atoms with van der Waals surface area (Å²) in [6.07, 6.45) is 1.69. The van der Waals surface area contributed by atoms with E-state index in [1.165, 1.54) is 5.56 Å². The molecule has 7 heteroatoms. The third-order valence-electron chi connectivity index (χ3n) is 5.79. The molecule has 2 aliphatic rings. The van der Waals surface area contributed by atoms with E-state index >= 15 is 0 Å². The minimum atomic E-state index is -0.834. The first-order valence-corrected chi connectivity index (χ1v) is 11.0. The van der Waals surface area contributed by atoms with Crippen LogP contribution < -0.4 is 14.8 Å². The Morgan fingerprint density at radius 1 is 1.00 bits per heavy atom. The molecule has 31 heavy (non-hydrogen) atoms. The van der Waals surface area contributed by atoms with E-state index in [1.807, 2.05) is 42.5 Å². The first kappa shape index (κ1) is 21.5. The molecule has 0 radical (unpaired) electrons. The quantitative estimate of drug-likeness (QED) is 0.646. The zero-order valence-electron chi connectivity index (χ0n) is 17.8. The van der Waals surface area contributed by atoms with Gasteiger partial charge in [-0.2, -0.15) is 0 Å². The number of hydrogen-bond donors (Lipinski definition) is 2. The van der Waals surface area contributed by atoms with Crippen LogP contribution in [0.25, 0.3) is 0 Å². The predicted octanol–water partition coefficient (Wildman–Crippen LogP) is 2.50. The molecule has 1 atom stereocenters. The Kier molecular flexibility index (Phi) is 6.94. The number of aliphatic hydroxyl groups is 1. The molecule has 0 saturated carbocycles. The number of amides is 2. The van der Waals surface area contributed by atoms with Crippen molar-refractivity contribution in [3.05, 3.63) is 60.2 Å². The van der Waals surface area contributed by atoms with Gasteiger partial charge in [-0.15, -0.1) is 0 Å². The third kappa shape index (κ3) is 6.12. The van der Waals surface area contributed by atoms with E-state index in [0.717, 1.165) is 44.0 Å². The van der Waals surface area contributed by atoms with Gasteiger partial charge < -0.3 is 24.8 Å². The molecule has 166 valence electrons. The fourth-order valence-corrected chi connectivity index (χ4v) is 4.14. The highest BCUT2D eigenvalue weighted by molar-refractivity contribution is 5.76. The second-order valence-corrected chi connectivity index (χ2v) is 8.35. The topological polar surface area (TPSA) is 74.3 Å². The van der Waals surface area contributed by atoms with Gasteiger partial charge in [0.25, 0.3) is 0 Å². The molecule has 0 unspecified atom stereocenters. The normalized spacial score (nSPS) is 21.7. The van der Waals surface area contributed by atoms with Crippen molar-refractivity contribution in [1.29, 1.82) is 0 Å². The minimum absolute atomic E-state index is 0.0189. The monoisotopic (exact) mass is 425 g/mol. The summed E-state index contributed by atoms with van der Waals surface area (Å²) in [6, 6.07) is 17.7. The summed E-state index contributed by atoms with van der Waals surface area (Å²) in [7, 11) is 0. The fraction of sp³-hybridized carbons (Fsp3) is 0.458. The van der Waals surface area contributed by atoms with Crippen molar-refractivity contribution in [2.24, 2.45) is 0 Å². The Bertz CT molecular complexity index is 846. The van der Waals surface area contributed by atoms with Gasteiger partial charge in [0.05, 0.1) is 6.54 Å². The molecule has 2 heterocycles. The second kappa shape index (κ2) is 10.0. The van der Waals surface area contributed by atoms with Crippen LogP contribution in [-0.4, -0.2) is 72.5 Å². The lowest BCUT2D eigenvalue weighted by Crippen LogP contribution is -2.51. The maximum Gasteiger partial charge on any atom is 0.317 e. The summed E-state index contributed by atoms with van der Waals surface area (Å²) in [5.74, 6) is 1.59. The predicted molar refractivity (Wildman–Crippen MR) is 118 cm³/mol. The van der Waals surface area contributed by atoms with Crippen molar-refractivity contribution in [3.63, 3.8) is 0 Å². The van der Waals surface area contributed by atoms with Gasteiger partial charge in [-0.05, 0) is 49.2 Å². The number of likely N-dealkylation sites (tertiary alicyclic amines) is 1. The smallest absolute Gasteiger partial charge is 0.317 e. The van der Waals surface area contributed by atoms with Crippen LogP contribution in [0.15, 0.2) is 54.6 Å². The number of rotatable bonds is 9. The summed E-state index contributed by atoms with van der Waals surface area (Å²) < 4.78 is 11.6. The van der Waals surface area contributed by atoms with Crippen LogP contribution in [0.2, 0.25) is 0 Å². The van der Waals surface area contributed by atoms with Crippen molar-refractivity contribution in [1.82, 2.24) is 15.1 Å². The molecule has 2 aromatic carbocycles. The molecule has 0 spiro atoms. The molecule has 0 aliphatic carbocycles. The lowest BCUT2D eigenvalue weighted by Gasteiger charge is -2.39. The molecule has 7 nitrogen and oxygen atoms in total. The van der Waals surface area contributed by atoms with Crippen LogP contribution >= 0.6 is 0 Å². The lowest BCUT2D eigenvalue weighted by atomic mass is 9.93. The van der Waals surface area contributed by atoms with E-state index < -0.39 is 5.60 Å². The highest BCUT2D eigenvalue weighted by Gasteiger charge is 2.34. The van der Waals surface area contributed by atoms with Crippen molar-refractivity contribution in [2.75, 3.05) is 45.9 Å². The number of nitrogens with one attached hydrogen (secondary N) is 1. The van der Waals surface area contributed by atoms with Crippen LogP contribution in [0.1, 0.15) is 18.4 Å². The maximum atomic E-state index is 11.5. The zero-order chi connectivity index (χ0) is 21.5. The van der Waals surface area contributed by atoms with Gasteiger partial charge in [-0.3, -0.25) is 4.90 Å². The number of β-amino-alcohol motifs (C(OH)–C–C–N with tert-alkyl or cyclic N) is 1. The van der Waals surface area contributed by atoms with Gasteiger partial charge in [-0.1, -0.05) is 30.3 Å². The van der Waals surface area contributed by atoms with Crippen LogP contribution in [0.3, 0.4) is 0 Å². The number of carbonyl (C=O) groups is 1. The molecule has 2 N–H and O–H groups in total. The summed E-state index contributed by atoms with van der Waals surface area (Å²) in [5, 5.41) is 13.8. The van der Waals surface area contributed by atoms with E-state index in [0.29, 0.717) is 32.8 Å². The van der Waals surface area contributed by atoms with Crippen LogP contribution in [0, 0.1) is 0 Å². The van der Waals surface area contributed by atoms with Crippen LogP contribution in [0.4, 0.5) is 4.79 Å².